The van der Waals surface area contributed by atoms with Gasteiger partial charge in [0.2, 0.25) is 5.91 Å². The number of carbonyl (C=O) groups is 2. The van der Waals surface area contributed by atoms with E-state index in [-0.39, 0.29) is 41.0 Å². The molecule has 0 aliphatic carbocycles. The van der Waals surface area contributed by atoms with Crippen LogP contribution in [0.2, 0.25) is 0 Å². The summed E-state index contributed by atoms with van der Waals surface area (Å²) in [6, 6.07) is 16.8. The van der Waals surface area contributed by atoms with Crippen LogP contribution in [0, 0.1) is 12.7 Å². The summed E-state index contributed by atoms with van der Waals surface area (Å²) in [5.41, 5.74) is 2.55. The SMILES string of the molecule is Cc1ccc(S(=O)(=O)Nc2cc(C(=O)NCc3ccc(F)cc3)ccc2N2CCNC(=O)C2)cc1. The maximum atomic E-state index is 13.1. The summed E-state index contributed by atoms with van der Waals surface area (Å²) < 4.78 is 41.9. The molecule has 4 rings (SSSR count). The van der Waals surface area contributed by atoms with Crippen molar-refractivity contribution in [3.8, 4) is 0 Å². The molecule has 0 saturated carbocycles. The van der Waals surface area contributed by atoms with Crippen molar-refractivity contribution in [3.63, 3.8) is 0 Å². The number of piperazine rings is 1. The molecule has 0 unspecified atom stereocenters. The quantitative estimate of drug-likeness (QED) is 0.466. The fourth-order valence-corrected chi connectivity index (χ4v) is 4.75. The fourth-order valence-electron chi connectivity index (χ4n) is 3.69. The Morgan fingerprint density at radius 2 is 1.77 bits per heavy atom. The normalized spacial score (nSPS) is 13.8. The molecule has 3 aromatic rings. The standard InChI is InChI=1S/C25H25FN4O4S/c1-17-2-9-21(10-3-17)35(33,34)29-22-14-19(6-11-23(22)30-13-12-27-24(31)16-30)25(32)28-15-18-4-7-20(26)8-5-18/h2-11,14,29H,12-13,15-16H2,1H3,(H,27,31)(H,28,32). The summed E-state index contributed by atoms with van der Waals surface area (Å²) in [5.74, 6) is -0.967. The molecule has 0 radical (unpaired) electrons. The van der Waals surface area contributed by atoms with Gasteiger partial charge in [0.25, 0.3) is 15.9 Å². The maximum Gasteiger partial charge on any atom is 0.261 e. The molecule has 0 spiro atoms. The molecule has 3 N–H and O–H groups in total. The lowest BCUT2D eigenvalue weighted by Crippen LogP contribution is -2.48. The summed E-state index contributed by atoms with van der Waals surface area (Å²) in [7, 11) is -3.95. The van der Waals surface area contributed by atoms with Gasteiger partial charge in [-0.15, -0.1) is 0 Å². The molecule has 2 amide bonds. The van der Waals surface area contributed by atoms with E-state index in [1.165, 1.54) is 30.3 Å². The van der Waals surface area contributed by atoms with Gasteiger partial charge in [0.05, 0.1) is 22.8 Å². The average Bonchev–Trinajstić information content (AvgIpc) is 2.83. The number of hydrogen-bond acceptors (Lipinski definition) is 5. The van der Waals surface area contributed by atoms with E-state index in [2.05, 4.69) is 15.4 Å². The van der Waals surface area contributed by atoms with E-state index in [1.54, 1.807) is 41.3 Å². The number of nitrogens with one attached hydrogen (secondary N) is 3. The number of carbonyl (C=O) groups excluding carboxylic acids is 2. The van der Waals surface area contributed by atoms with Crippen molar-refractivity contribution in [2.24, 2.45) is 0 Å². The van der Waals surface area contributed by atoms with Gasteiger partial charge in [0.15, 0.2) is 0 Å². The van der Waals surface area contributed by atoms with Crippen LogP contribution in [0.3, 0.4) is 0 Å². The van der Waals surface area contributed by atoms with Crippen LogP contribution in [-0.2, 0) is 21.4 Å². The third-order valence-electron chi connectivity index (χ3n) is 5.58. The topological polar surface area (TPSA) is 108 Å². The lowest BCUT2D eigenvalue weighted by molar-refractivity contribution is -0.120. The van der Waals surface area contributed by atoms with Crippen LogP contribution in [0.25, 0.3) is 0 Å². The van der Waals surface area contributed by atoms with E-state index >= 15 is 0 Å². The molecule has 182 valence electrons. The molecular weight excluding hydrogens is 471 g/mol. The van der Waals surface area contributed by atoms with Crippen molar-refractivity contribution < 1.29 is 22.4 Å². The number of aryl methyl sites for hydroxylation is 1. The molecule has 3 aromatic carbocycles. The van der Waals surface area contributed by atoms with E-state index < -0.39 is 15.9 Å². The van der Waals surface area contributed by atoms with Crippen LogP contribution in [0.15, 0.2) is 71.6 Å². The number of nitrogens with zero attached hydrogens (tertiary/aromatic N) is 1. The molecule has 1 aliphatic heterocycles. The average molecular weight is 497 g/mol. The number of hydrogen-bond donors (Lipinski definition) is 3. The smallest absolute Gasteiger partial charge is 0.261 e. The van der Waals surface area contributed by atoms with E-state index in [4.69, 9.17) is 0 Å². The van der Waals surface area contributed by atoms with Crippen molar-refractivity contribution in [3.05, 3.63) is 89.2 Å². The highest BCUT2D eigenvalue weighted by molar-refractivity contribution is 7.92. The Hall–Kier alpha value is -3.92. The highest BCUT2D eigenvalue weighted by atomic mass is 32.2. The lowest BCUT2D eigenvalue weighted by atomic mass is 10.1. The second kappa shape index (κ2) is 10.1. The Bertz CT molecular complexity index is 1340. The monoisotopic (exact) mass is 496 g/mol. The Morgan fingerprint density at radius 3 is 2.46 bits per heavy atom. The first-order valence-corrected chi connectivity index (χ1v) is 12.5. The van der Waals surface area contributed by atoms with Crippen molar-refractivity contribution in [1.29, 1.82) is 0 Å². The van der Waals surface area contributed by atoms with Crippen molar-refractivity contribution in [1.82, 2.24) is 10.6 Å². The van der Waals surface area contributed by atoms with Gasteiger partial charge in [0.1, 0.15) is 5.82 Å². The van der Waals surface area contributed by atoms with Gasteiger partial charge < -0.3 is 15.5 Å². The summed E-state index contributed by atoms with van der Waals surface area (Å²) in [6.07, 6.45) is 0. The Kier molecular flexibility index (Phi) is 7.02. The Labute approximate surface area is 203 Å². The summed E-state index contributed by atoms with van der Waals surface area (Å²) in [5, 5.41) is 5.49. The molecule has 1 fully saturated rings. The van der Waals surface area contributed by atoms with Gasteiger partial charge in [-0.3, -0.25) is 14.3 Å². The first-order chi connectivity index (χ1) is 16.7. The zero-order valence-electron chi connectivity index (χ0n) is 19.0. The van der Waals surface area contributed by atoms with E-state index in [0.717, 1.165) is 11.1 Å². The second-order valence-corrected chi connectivity index (χ2v) is 9.91. The Morgan fingerprint density at radius 1 is 1.06 bits per heavy atom. The van der Waals surface area contributed by atoms with Gasteiger partial charge in [-0.05, 0) is 55.0 Å². The summed E-state index contributed by atoms with van der Waals surface area (Å²) in [6.45, 7) is 3.01. The minimum atomic E-state index is -3.95. The highest BCUT2D eigenvalue weighted by Crippen LogP contribution is 2.30. The molecule has 1 aliphatic rings. The predicted molar refractivity (Wildman–Crippen MR) is 131 cm³/mol. The zero-order valence-corrected chi connectivity index (χ0v) is 19.9. The highest BCUT2D eigenvalue weighted by Gasteiger charge is 2.23. The number of halogens is 1. The van der Waals surface area contributed by atoms with E-state index in [9.17, 15) is 22.4 Å². The predicted octanol–water partition coefficient (Wildman–Crippen LogP) is 2.80. The number of rotatable bonds is 7. The Balaban J connectivity index is 1.62. The van der Waals surface area contributed by atoms with Gasteiger partial charge in [-0.1, -0.05) is 29.8 Å². The molecule has 35 heavy (non-hydrogen) atoms. The number of amides is 2. The summed E-state index contributed by atoms with van der Waals surface area (Å²) >= 11 is 0. The van der Waals surface area contributed by atoms with Crippen molar-refractivity contribution in [2.75, 3.05) is 29.3 Å². The van der Waals surface area contributed by atoms with E-state index in [0.29, 0.717) is 18.8 Å². The number of benzene rings is 3. The number of sulfonamides is 1. The van der Waals surface area contributed by atoms with Crippen LogP contribution < -0.4 is 20.3 Å². The molecule has 1 heterocycles. The van der Waals surface area contributed by atoms with Crippen LogP contribution in [-0.4, -0.2) is 39.9 Å². The van der Waals surface area contributed by atoms with E-state index in [1.807, 2.05) is 6.92 Å². The fraction of sp³-hybridized carbons (Fsp3) is 0.200. The minimum absolute atomic E-state index is 0.0649. The molecule has 0 bridgehead atoms. The van der Waals surface area contributed by atoms with Crippen molar-refractivity contribution >= 4 is 33.2 Å². The van der Waals surface area contributed by atoms with Gasteiger partial charge >= 0.3 is 0 Å². The zero-order chi connectivity index (χ0) is 25.0. The van der Waals surface area contributed by atoms with Gasteiger partial charge in [0, 0.05) is 25.2 Å². The molecule has 0 atom stereocenters. The second-order valence-electron chi connectivity index (χ2n) is 8.23. The first kappa shape index (κ1) is 24.2. The van der Waals surface area contributed by atoms with Crippen LogP contribution in [0.1, 0.15) is 21.5 Å². The molecule has 8 nitrogen and oxygen atoms in total. The summed E-state index contributed by atoms with van der Waals surface area (Å²) in [4.78, 5) is 26.6. The largest absolute Gasteiger partial charge is 0.359 e. The van der Waals surface area contributed by atoms with Gasteiger partial charge in [-0.2, -0.15) is 0 Å². The molecule has 10 heteroatoms. The van der Waals surface area contributed by atoms with Crippen molar-refractivity contribution in [2.45, 2.75) is 18.4 Å². The number of anilines is 2. The molecule has 0 aromatic heterocycles. The van der Waals surface area contributed by atoms with Crippen LogP contribution >= 0.6 is 0 Å². The third kappa shape index (κ3) is 5.96. The first-order valence-electron chi connectivity index (χ1n) is 11.0. The molecule has 1 saturated heterocycles. The molecular formula is C25H25FN4O4S. The van der Waals surface area contributed by atoms with Crippen LogP contribution in [0.5, 0.6) is 0 Å². The lowest BCUT2D eigenvalue weighted by Gasteiger charge is -2.30. The van der Waals surface area contributed by atoms with Crippen LogP contribution in [0.4, 0.5) is 15.8 Å². The van der Waals surface area contributed by atoms with Gasteiger partial charge in [-0.25, -0.2) is 12.8 Å². The third-order valence-corrected chi connectivity index (χ3v) is 6.96. The minimum Gasteiger partial charge on any atom is -0.359 e. The maximum absolute atomic E-state index is 13.1.